The molecule has 3 nitrogen and oxygen atoms in total. The molecule has 0 aromatic rings. The van der Waals surface area contributed by atoms with Gasteiger partial charge in [-0.2, -0.15) is 12.6 Å². The Labute approximate surface area is 73.1 Å². The van der Waals surface area contributed by atoms with Crippen LogP contribution in [0.5, 0.6) is 0 Å². The van der Waals surface area contributed by atoms with Crippen LogP contribution in [0.1, 0.15) is 6.92 Å². The van der Waals surface area contributed by atoms with Crippen molar-refractivity contribution in [1.29, 1.82) is 0 Å². The molecule has 0 aromatic heterocycles. The topological polar surface area (TPSA) is 43.4 Å². The molecule has 10 heavy (non-hydrogen) atoms. The van der Waals surface area contributed by atoms with E-state index < -0.39 is 16.5 Å². The molecule has 1 atom stereocenters. The Hall–Kier alpha value is 0.190. The summed E-state index contributed by atoms with van der Waals surface area (Å²) in [6, 6.07) is 0. The molecule has 0 radical (unpaired) electrons. The average Bonchev–Trinajstić information content (AvgIpc) is 1.87. The quantitative estimate of drug-likeness (QED) is 0.290. The molecule has 0 N–H and O–H groups in total. The zero-order valence-electron chi connectivity index (χ0n) is 5.10. The third kappa shape index (κ3) is 4.08. The van der Waals surface area contributed by atoms with E-state index in [2.05, 4.69) is 29.0 Å². The van der Waals surface area contributed by atoms with E-state index in [1.807, 2.05) is 0 Å². The first-order chi connectivity index (χ1) is 4.57. The Morgan fingerprint density at radius 1 is 1.60 bits per heavy atom. The Morgan fingerprint density at radius 3 is 2.40 bits per heavy atom. The maximum Gasteiger partial charge on any atom is 0.385 e. The fraction of sp³-hybridized carbons (Fsp3) is 0.500. The van der Waals surface area contributed by atoms with Crippen LogP contribution in [-0.2, 0) is 9.53 Å². The lowest BCUT2D eigenvalue weighted by Crippen LogP contribution is -2.15. The van der Waals surface area contributed by atoms with Crippen molar-refractivity contribution in [2.45, 2.75) is 12.2 Å². The van der Waals surface area contributed by atoms with Crippen LogP contribution in [0.25, 0.3) is 0 Å². The first kappa shape index (κ1) is 10.2. The first-order valence-electron chi connectivity index (χ1n) is 2.33. The minimum atomic E-state index is -0.728. The van der Waals surface area contributed by atoms with Crippen LogP contribution in [0.2, 0.25) is 0 Å². The second-order valence-electron chi connectivity index (χ2n) is 1.44. The van der Waals surface area contributed by atoms with Crippen LogP contribution in [0.4, 0.5) is 4.79 Å². The molecule has 0 rings (SSSR count). The minimum Gasteiger partial charge on any atom is -0.383 e. The lowest BCUT2D eigenvalue weighted by Gasteiger charge is -2.00. The number of rotatable bonds is 1. The fourth-order valence-electron chi connectivity index (χ4n) is 0.186. The zero-order chi connectivity index (χ0) is 8.15. The number of ether oxygens (including phenoxy) is 1. The van der Waals surface area contributed by atoms with Crippen molar-refractivity contribution in [1.82, 2.24) is 0 Å². The third-order valence-electron chi connectivity index (χ3n) is 0.600. The average molecular weight is 198 g/mol. The van der Waals surface area contributed by atoms with Gasteiger partial charge in [-0.15, -0.1) is 0 Å². The van der Waals surface area contributed by atoms with Gasteiger partial charge in [-0.05, 0) is 6.92 Å². The predicted molar refractivity (Wildman–Crippen MR) is 46.5 cm³/mol. The first-order valence-corrected chi connectivity index (χ1v) is 4.71. The fourth-order valence-corrected chi connectivity index (χ4v) is 0.470. The van der Waals surface area contributed by atoms with Gasteiger partial charge < -0.3 is 4.74 Å². The molecule has 0 heterocycles. The second kappa shape index (κ2) is 4.92. The highest BCUT2D eigenvalue weighted by atomic mass is 33.1. The van der Waals surface area contributed by atoms with Crippen LogP contribution < -0.4 is 0 Å². The second-order valence-corrected chi connectivity index (χ2v) is 3.28. The van der Waals surface area contributed by atoms with Gasteiger partial charge in [0.2, 0.25) is 0 Å². The predicted octanol–water partition coefficient (Wildman–Crippen LogP) is 1.55. The summed E-state index contributed by atoms with van der Waals surface area (Å²) in [4.78, 5) is 20.9. The van der Waals surface area contributed by atoms with Crippen LogP contribution in [0.3, 0.4) is 0 Å². The number of hydrogen-bond acceptors (Lipinski definition) is 6. The van der Waals surface area contributed by atoms with E-state index in [9.17, 15) is 9.59 Å². The Morgan fingerprint density at radius 2 is 2.10 bits per heavy atom. The smallest absolute Gasteiger partial charge is 0.383 e. The van der Waals surface area contributed by atoms with Crippen molar-refractivity contribution in [3.63, 3.8) is 0 Å². The largest absolute Gasteiger partial charge is 0.385 e. The van der Waals surface area contributed by atoms with Crippen molar-refractivity contribution in [3.8, 4) is 0 Å². The minimum absolute atomic E-state index is 0.549. The monoisotopic (exact) mass is 198 g/mol. The standard InChI is InChI=1S/C4H6O3S3/c1-2(8)3(5)7-4(6)10-9/h2,8-9H,1H3. The normalized spacial score (nSPS) is 12.3. The van der Waals surface area contributed by atoms with Gasteiger partial charge in [-0.25, -0.2) is 4.79 Å². The maximum absolute atomic E-state index is 10.5. The van der Waals surface area contributed by atoms with E-state index in [4.69, 9.17) is 0 Å². The summed E-state index contributed by atoms with van der Waals surface area (Å²) in [5, 5.41) is -1.31. The van der Waals surface area contributed by atoms with Crippen LogP contribution >= 0.6 is 35.1 Å². The molecule has 0 bridgehead atoms. The summed E-state index contributed by atoms with van der Waals surface area (Å²) in [5.41, 5.74) is 0. The van der Waals surface area contributed by atoms with Gasteiger partial charge in [0.05, 0.1) is 5.25 Å². The number of esters is 1. The van der Waals surface area contributed by atoms with Crippen LogP contribution in [0.15, 0.2) is 0 Å². The summed E-state index contributed by atoms with van der Waals surface area (Å²) in [5.74, 6) is -0.658. The number of thiol groups is 2. The summed E-state index contributed by atoms with van der Waals surface area (Å²) in [7, 11) is 0.549. The molecule has 0 amide bonds. The SMILES string of the molecule is CC(S)C(=O)OC(=O)SS. The van der Waals surface area contributed by atoms with E-state index in [-0.39, 0.29) is 0 Å². The lowest BCUT2D eigenvalue weighted by molar-refractivity contribution is -0.135. The molecule has 58 valence electrons. The number of carbonyl (C=O) groups is 2. The van der Waals surface area contributed by atoms with Crippen molar-refractivity contribution in [3.05, 3.63) is 0 Å². The Bertz CT molecular complexity index is 145. The van der Waals surface area contributed by atoms with Gasteiger partial charge in [-0.3, -0.25) is 4.79 Å². The van der Waals surface area contributed by atoms with Crippen LogP contribution in [-0.4, -0.2) is 16.5 Å². The van der Waals surface area contributed by atoms with Crippen molar-refractivity contribution in [2.24, 2.45) is 0 Å². The molecule has 0 saturated carbocycles. The summed E-state index contributed by atoms with van der Waals surface area (Å²) >= 11 is 7.27. The lowest BCUT2D eigenvalue weighted by atomic mass is 10.5. The molecule has 1 unspecified atom stereocenters. The van der Waals surface area contributed by atoms with Crippen molar-refractivity contribution < 1.29 is 14.3 Å². The Kier molecular flexibility index (Phi) is 5.02. The van der Waals surface area contributed by atoms with Gasteiger partial charge in [0.15, 0.2) is 0 Å². The third-order valence-corrected chi connectivity index (χ3v) is 1.49. The molecular formula is C4H6O3S3. The van der Waals surface area contributed by atoms with E-state index in [1.165, 1.54) is 6.92 Å². The molecular weight excluding hydrogens is 192 g/mol. The molecule has 0 aliphatic carbocycles. The van der Waals surface area contributed by atoms with E-state index in [1.54, 1.807) is 0 Å². The summed E-state index contributed by atoms with van der Waals surface area (Å²) < 4.78 is 4.19. The van der Waals surface area contributed by atoms with Gasteiger partial charge >= 0.3 is 11.3 Å². The molecule has 0 aliphatic rings. The molecule has 0 aromatic carbocycles. The molecule has 6 heteroatoms. The number of hydrogen-bond donors (Lipinski definition) is 2. The highest BCUT2D eigenvalue weighted by Crippen LogP contribution is 2.10. The van der Waals surface area contributed by atoms with Crippen LogP contribution in [0, 0.1) is 0 Å². The Balaban J connectivity index is 3.69. The van der Waals surface area contributed by atoms with Crippen molar-refractivity contribution in [2.75, 3.05) is 0 Å². The zero-order valence-corrected chi connectivity index (χ0v) is 7.71. The number of carbonyl (C=O) groups excluding carboxylic acids is 2. The molecule has 0 spiro atoms. The summed E-state index contributed by atoms with van der Waals surface area (Å²) in [6.07, 6.45) is 0. The molecule has 0 aliphatic heterocycles. The van der Waals surface area contributed by atoms with Gasteiger partial charge in [0, 0.05) is 10.8 Å². The highest BCUT2D eigenvalue weighted by molar-refractivity contribution is 8.74. The highest BCUT2D eigenvalue weighted by Gasteiger charge is 2.13. The molecule has 0 fully saturated rings. The van der Waals surface area contributed by atoms with Crippen molar-refractivity contribution >= 4 is 46.4 Å². The van der Waals surface area contributed by atoms with Gasteiger partial charge in [0.1, 0.15) is 0 Å². The summed E-state index contributed by atoms with van der Waals surface area (Å²) in [6.45, 7) is 1.52. The maximum atomic E-state index is 10.5. The van der Waals surface area contributed by atoms with Gasteiger partial charge in [-0.1, -0.05) is 11.7 Å². The van der Waals surface area contributed by atoms with E-state index in [0.717, 1.165) is 0 Å². The van der Waals surface area contributed by atoms with E-state index in [0.29, 0.717) is 10.8 Å². The molecule has 0 saturated heterocycles. The van der Waals surface area contributed by atoms with E-state index >= 15 is 0 Å². The van der Waals surface area contributed by atoms with Gasteiger partial charge in [0.25, 0.3) is 0 Å².